The molecule has 0 amide bonds. The number of nitrogens with one attached hydrogen (secondary N) is 1. The molecule has 4 heteroatoms. The Labute approximate surface area is 146 Å². The fraction of sp³-hybridized carbons (Fsp3) is 0.0952. The summed E-state index contributed by atoms with van der Waals surface area (Å²) in [5.74, 6) is 0.633. The standard InChI is InChI=1S/C21H18N4/c1-15-13-22-12-11-17(15)14-23-21-24-19-10-6-5-9-18(19)20(25-21)16-7-3-2-4-8-16/h2-13H,14H2,1H3,(H,23,24,25). The second-order valence-corrected chi connectivity index (χ2v) is 5.93. The lowest BCUT2D eigenvalue weighted by Gasteiger charge is -2.11. The molecule has 4 rings (SSSR count). The van der Waals surface area contributed by atoms with E-state index in [1.807, 2.05) is 48.7 Å². The van der Waals surface area contributed by atoms with Crippen molar-refractivity contribution in [1.82, 2.24) is 15.0 Å². The maximum Gasteiger partial charge on any atom is 0.224 e. The van der Waals surface area contributed by atoms with Gasteiger partial charge in [-0.25, -0.2) is 9.97 Å². The molecule has 0 saturated carbocycles. The van der Waals surface area contributed by atoms with Crippen LogP contribution in [0.4, 0.5) is 5.95 Å². The summed E-state index contributed by atoms with van der Waals surface area (Å²) in [5, 5.41) is 4.41. The fourth-order valence-corrected chi connectivity index (χ4v) is 2.85. The Balaban J connectivity index is 1.74. The first kappa shape index (κ1) is 15.3. The summed E-state index contributed by atoms with van der Waals surface area (Å²) in [4.78, 5) is 13.6. The number of fused-ring (bicyclic) bond motifs is 1. The van der Waals surface area contributed by atoms with Gasteiger partial charge in [0.1, 0.15) is 0 Å². The van der Waals surface area contributed by atoms with Gasteiger partial charge in [-0.15, -0.1) is 0 Å². The van der Waals surface area contributed by atoms with Gasteiger partial charge in [-0.05, 0) is 30.2 Å². The summed E-state index contributed by atoms with van der Waals surface area (Å²) in [6.45, 7) is 2.72. The number of aryl methyl sites for hydroxylation is 1. The van der Waals surface area contributed by atoms with Crippen molar-refractivity contribution in [1.29, 1.82) is 0 Å². The number of anilines is 1. The normalized spacial score (nSPS) is 10.8. The third-order valence-electron chi connectivity index (χ3n) is 4.22. The minimum Gasteiger partial charge on any atom is -0.350 e. The number of rotatable bonds is 4. The smallest absolute Gasteiger partial charge is 0.224 e. The van der Waals surface area contributed by atoms with Gasteiger partial charge in [0.2, 0.25) is 5.95 Å². The molecule has 0 spiro atoms. The van der Waals surface area contributed by atoms with Crippen LogP contribution in [0.5, 0.6) is 0 Å². The molecule has 0 unspecified atom stereocenters. The minimum atomic E-state index is 0.633. The van der Waals surface area contributed by atoms with Gasteiger partial charge in [-0.1, -0.05) is 48.5 Å². The van der Waals surface area contributed by atoms with Crippen molar-refractivity contribution in [3.8, 4) is 11.3 Å². The van der Waals surface area contributed by atoms with Crippen molar-refractivity contribution < 1.29 is 0 Å². The summed E-state index contributed by atoms with van der Waals surface area (Å²) in [6.07, 6.45) is 3.67. The van der Waals surface area contributed by atoms with Gasteiger partial charge >= 0.3 is 0 Å². The van der Waals surface area contributed by atoms with Crippen LogP contribution < -0.4 is 5.32 Å². The van der Waals surface area contributed by atoms with Gasteiger partial charge in [0.25, 0.3) is 0 Å². The first-order valence-corrected chi connectivity index (χ1v) is 8.27. The molecule has 2 aromatic heterocycles. The van der Waals surface area contributed by atoms with Gasteiger partial charge in [-0.2, -0.15) is 0 Å². The molecule has 4 aromatic rings. The molecule has 122 valence electrons. The van der Waals surface area contributed by atoms with E-state index < -0.39 is 0 Å². The van der Waals surface area contributed by atoms with Crippen LogP contribution in [0.15, 0.2) is 73.1 Å². The van der Waals surface area contributed by atoms with E-state index in [4.69, 9.17) is 4.98 Å². The van der Waals surface area contributed by atoms with E-state index in [-0.39, 0.29) is 0 Å². The van der Waals surface area contributed by atoms with E-state index in [1.165, 1.54) is 5.56 Å². The second kappa shape index (κ2) is 6.69. The molecule has 2 aromatic carbocycles. The quantitative estimate of drug-likeness (QED) is 0.595. The molecular weight excluding hydrogens is 308 g/mol. The second-order valence-electron chi connectivity index (χ2n) is 5.93. The van der Waals surface area contributed by atoms with Gasteiger partial charge in [0.05, 0.1) is 11.2 Å². The van der Waals surface area contributed by atoms with Gasteiger partial charge < -0.3 is 5.32 Å². The van der Waals surface area contributed by atoms with Crippen molar-refractivity contribution in [3.05, 3.63) is 84.2 Å². The summed E-state index contributed by atoms with van der Waals surface area (Å²) in [7, 11) is 0. The average molecular weight is 326 g/mol. The molecule has 1 N–H and O–H groups in total. The highest BCUT2D eigenvalue weighted by molar-refractivity contribution is 5.93. The predicted molar refractivity (Wildman–Crippen MR) is 101 cm³/mol. The molecule has 0 fully saturated rings. The number of aromatic nitrogens is 3. The Morgan fingerprint density at radius 1 is 0.880 bits per heavy atom. The van der Waals surface area contributed by atoms with Crippen LogP contribution in [0.1, 0.15) is 11.1 Å². The number of hydrogen-bond donors (Lipinski definition) is 1. The van der Waals surface area contributed by atoms with Crippen LogP contribution in [0, 0.1) is 6.92 Å². The molecule has 2 heterocycles. The number of nitrogens with zero attached hydrogens (tertiary/aromatic N) is 3. The number of hydrogen-bond acceptors (Lipinski definition) is 4. The highest BCUT2D eigenvalue weighted by atomic mass is 15.1. The maximum atomic E-state index is 4.78. The molecule has 0 saturated heterocycles. The van der Waals surface area contributed by atoms with Crippen molar-refractivity contribution >= 4 is 16.9 Å². The van der Waals surface area contributed by atoms with Crippen molar-refractivity contribution in [3.63, 3.8) is 0 Å². The lowest BCUT2D eigenvalue weighted by atomic mass is 10.1. The van der Waals surface area contributed by atoms with Crippen LogP contribution in [-0.2, 0) is 6.54 Å². The zero-order chi connectivity index (χ0) is 17.1. The molecule has 0 atom stereocenters. The third kappa shape index (κ3) is 3.19. The zero-order valence-electron chi connectivity index (χ0n) is 14.0. The van der Waals surface area contributed by atoms with Gasteiger partial charge in [0, 0.05) is 29.9 Å². The summed E-state index contributed by atoms with van der Waals surface area (Å²) >= 11 is 0. The fourth-order valence-electron chi connectivity index (χ4n) is 2.85. The largest absolute Gasteiger partial charge is 0.350 e. The first-order valence-electron chi connectivity index (χ1n) is 8.27. The SMILES string of the molecule is Cc1cnccc1CNc1nc(-c2ccccc2)c2ccccc2n1. The van der Waals surface area contributed by atoms with Crippen LogP contribution in [0.25, 0.3) is 22.2 Å². The molecule has 0 bridgehead atoms. The number of benzene rings is 2. The van der Waals surface area contributed by atoms with Crippen LogP contribution in [0.3, 0.4) is 0 Å². The highest BCUT2D eigenvalue weighted by Crippen LogP contribution is 2.27. The molecule has 0 aliphatic carbocycles. The monoisotopic (exact) mass is 326 g/mol. The lowest BCUT2D eigenvalue weighted by molar-refractivity contribution is 1.05. The van der Waals surface area contributed by atoms with E-state index in [1.54, 1.807) is 6.20 Å². The molecular formula is C21H18N4. The van der Waals surface area contributed by atoms with Gasteiger partial charge in [-0.3, -0.25) is 4.98 Å². The van der Waals surface area contributed by atoms with Crippen molar-refractivity contribution in [2.24, 2.45) is 0 Å². The Bertz CT molecular complexity index is 1010. The van der Waals surface area contributed by atoms with Crippen LogP contribution in [-0.4, -0.2) is 15.0 Å². The summed E-state index contributed by atoms with van der Waals surface area (Å²) in [5.41, 5.74) is 5.31. The van der Waals surface area contributed by atoms with Crippen LogP contribution >= 0.6 is 0 Å². The van der Waals surface area contributed by atoms with Crippen LogP contribution in [0.2, 0.25) is 0 Å². The highest BCUT2D eigenvalue weighted by Gasteiger charge is 2.09. The summed E-state index contributed by atoms with van der Waals surface area (Å²) in [6, 6.07) is 20.3. The first-order chi connectivity index (χ1) is 12.3. The Kier molecular flexibility index (Phi) is 4.09. The van der Waals surface area contributed by atoms with E-state index in [0.29, 0.717) is 12.5 Å². The molecule has 0 aliphatic heterocycles. The zero-order valence-corrected chi connectivity index (χ0v) is 14.0. The third-order valence-corrected chi connectivity index (χ3v) is 4.22. The van der Waals surface area contributed by atoms with Crippen molar-refractivity contribution in [2.75, 3.05) is 5.32 Å². The molecule has 0 aliphatic rings. The van der Waals surface area contributed by atoms with E-state index in [2.05, 4.69) is 40.4 Å². The van der Waals surface area contributed by atoms with E-state index in [9.17, 15) is 0 Å². The van der Waals surface area contributed by atoms with Gasteiger partial charge in [0.15, 0.2) is 0 Å². The maximum absolute atomic E-state index is 4.78. The number of pyridine rings is 1. The van der Waals surface area contributed by atoms with E-state index in [0.717, 1.165) is 27.7 Å². The summed E-state index contributed by atoms with van der Waals surface area (Å²) < 4.78 is 0. The molecule has 4 nitrogen and oxygen atoms in total. The van der Waals surface area contributed by atoms with E-state index >= 15 is 0 Å². The number of para-hydroxylation sites is 1. The lowest BCUT2D eigenvalue weighted by Crippen LogP contribution is -2.06. The minimum absolute atomic E-state index is 0.633. The topological polar surface area (TPSA) is 50.7 Å². The Hall–Kier alpha value is -3.27. The predicted octanol–water partition coefficient (Wildman–Crippen LogP) is 4.61. The molecule has 0 radical (unpaired) electrons. The Morgan fingerprint density at radius 3 is 2.52 bits per heavy atom. The Morgan fingerprint density at radius 2 is 1.68 bits per heavy atom. The molecule has 25 heavy (non-hydrogen) atoms. The average Bonchev–Trinajstić information content (AvgIpc) is 2.67. The van der Waals surface area contributed by atoms with Crippen molar-refractivity contribution in [2.45, 2.75) is 13.5 Å².